The minimum absolute atomic E-state index is 0.0362. The van der Waals surface area contributed by atoms with Crippen LogP contribution in [0.25, 0.3) is 0 Å². The topological polar surface area (TPSA) is 72.7 Å². The molecule has 0 unspecified atom stereocenters. The van der Waals surface area contributed by atoms with Gasteiger partial charge in [0.1, 0.15) is 5.82 Å². The lowest BCUT2D eigenvalue weighted by Crippen LogP contribution is -2.23. The summed E-state index contributed by atoms with van der Waals surface area (Å²) in [6, 6.07) is 7.60. The number of thiophene rings is 1. The third kappa shape index (κ3) is 3.53. The van der Waals surface area contributed by atoms with E-state index in [0.717, 1.165) is 17.8 Å². The Bertz CT molecular complexity index is 912. The number of hydrogen-bond acceptors (Lipinski definition) is 5. The van der Waals surface area contributed by atoms with Crippen molar-refractivity contribution in [2.24, 2.45) is 0 Å². The first-order valence-corrected chi connectivity index (χ1v) is 9.76. The lowest BCUT2D eigenvalue weighted by atomic mass is 9.96. The molecule has 0 spiro atoms. The molecular formula is C19H21N5OS. The molecule has 1 aliphatic rings. The van der Waals surface area contributed by atoms with E-state index in [-0.39, 0.29) is 5.91 Å². The first kappa shape index (κ1) is 16.9. The van der Waals surface area contributed by atoms with Crippen molar-refractivity contribution in [1.82, 2.24) is 25.5 Å². The second kappa shape index (κ2) is 7.37. The Morgan fingerprint density at radius 3 is 2.81 bits per heavy atom. The molecule has 7 heteroatoms. The third-order valence-corrected chi connectivity index (χ3v) is 5.98. The molecule has 0 radical (unpaired) electrons. The van der Waals surface area contributed by atoms with Crippen molar-refractivity contribution in [2.45, 2.75) is 45.7 Å². The second-order valence-electron chi connectivity index (χ2n) is 6.63. The summed E-state index contributed by atoms with van der Waals surface area (Å²) in [4.78, 5) is 13.9. The van der Waals surface area contributed by atoms with Crippen molar-refractivity contribution in [2.75, 3.05) is 0 Å². The second-order valence-corrected chi connectivity index (χ2v) is 7.60. The van der Waals surface area contributed by atoms with Gasteiger partial charge < -0.3 is 5.32 Å². The molecule has 2 aromatic heterocycles. The van der Waals surface area contributed by atoms with Gasteiger partial charge in [0.15, 0.2) is 0 Å². The Hall–Kier alpha value is -2.54. The van der Waals surface area contributed by atoms with Crippen LogP contribution in [0.4, 0.5) is 0 Å². The molecule has 0 aliphatic heterocycles. The number of hydrogen-bond donors (Lipinski definition) is 1. The molecule has 0 saturated carbocycles. The first-order valence-electron chi connectivity index (χ1n) is 8.89. The minimum atomic E-state index is -0.0362. The van der Waals surface area contributed by atoms with Gasteiger partial charge in [-0.1, -0.05) is 12.1 Å². The maximum Gasteiger partial charge on any atom is 0.251 e. The lowest BCUT2D eigenvalue weighted by molar-refractivity contribution is 0.0951. The van der Waals surface area contributed by atoms with Crippen LogP contribution in [0.3, 0.4) is 0 Å². The smallest absolute Gasteiger partial charge is 0.251 e. The van der Waals surface area contributed by atoms with Crippen LogP contribution in [0.1, 0.15) is 50.6 Å². The molecule has 134 valence electrons. The molecule has 1 amide bonds. The van der Waals surface area contributed by atoms with Crippen molar-refractivity contribution in [1.29, 1.82) is 0 Å². The number of aryl methyl sites for hydroxylation is 2. The summed E-state index contributed by atoms with van der Waals surface area (Å²) in [5.74, 6) is 0.733. The third-order valence-electron chi connectivity index (χ3n) is 4.85. The van der Waals surface area contributed by atoms with Crippen LogP contribution >= 0.6 is 11.3 Å². The Kier molecular flexibility index (Phi) is 4.79. The number of aromatic nitrogens is 4. The van der Waals surface area contributed by atoms with Crippen molar-refractivity contribution in [3.8, 4) is 0 Å². The van der Waals surface area contributed by atoms with E-state index >= 15 is 0 Å². The number of carbonyl (C=O) groups excluding carboxylic acids is 1. The van der Waals surface area contributed by atoms with Gasteiger partial charge in [-0.25, -0.2) is 4.68 Å². The van der Waals surface area contributed by atoms with E-state index in [9.17, 15) is 4.79 Å². The predicted octanol–water partition coefficient (Wildman–Crippen LogP) is 2.90. The summed E-state index contributed by atoms with van der Waals surface area (Å²) in [6.45, 7) is 3.07. The Labute approximate surface area is 156 Å². The predicted molar refractivity (Wildman–Crippen MR) is 100 cm³/mol. The average Bonchev–Trinajstić information content (AvgIpc) is 3.27. The molecule has 3 aromatic rings. The maximum atomic E-state index is 12.4. The number of nitrogens with zero attached hydrogens (tertiary/aromatic N) is 4. The van der Waals surface area contributed by atoms with Crippen molar-refractivity contribution < 1.29 is 4.79 Å². The summed E-state index contributed by atoms with van der Waals surface area (Å²) in [5, 5.41) is 16.7. The van der Waals surface area contributed by atoms with E-state index in [4.69, 9.17) is 0 Å². The number of fused-ring (bicyclic) bond motifs is 1. The van der Waals surface area contributed by atoms with Gasteiger partial charge in [0, 0.05) is 17.0 Å². The van der Waals surface area contributed by atoms with Crippen molar-refractivity contribution in [3.63, 3.8) is 0 Å². The normalized spacial score (nSPS) is 13.4. The SMILES string of the molecule is Cc1nnnn1Cc1ccc(C(=O)NCc2csc3c2CCCC3)cc1. The standard InChI is InChI=1S/C19H21N5OS/c1-13-21-22-23-24(13)11-14-6-8-15(9-7-14)19(25)20-10-16-12-26-18-5-3-2-4-17(16)18/h6-9,12H,2-5,10-11H2,1H3,(H,20,25). The van der Waals surface area contributed by atoms with Gasteiger partial charge in [0.2, 0.25) is 0 Å². The molecule has 26 heavy (non-hydrogen) atoms. The number of rotatable bonds is 5. The van der Waals surface area contributed by atoms with Crippen LogP contribution in [0.5, 0.6) is 0 Å². The minimum Gasteiger partial charge on any atom is -0.348 e. The van der Waals surface area contributed by atoms with Crippen LogP contribution in [0.15, 0.2) is 29.6 Å². The highest BCUT2D eigenvalue weighted by molar-refractivity contribution is 7.10. The van der Waals surface area contributed by atoms with Crippen molar-refractivity contribution >= 4 is 17.2 Å². The summed E-state index contributed by atoms with van der Waals surface area (Å²) in [5.41, 5.74) is 4.48. The van der Waals surface area contributed by atoms with Gasteiger partial charge in [-0.05, 0) is 77.2 Å². The molecule has 0 saturated heterocycles. The van der Waals surface area contributed by atoms with Crippen LogP contribution in [-0.2, 0) is 25.9 Å². The molecule has 1 aromatic carbocycles. The monoisotopic (exact) mass is 367 g/mol. The highest BCUT2D eigenvalue weighted by Gasteiger charge is 2.16. The number of nitrogens with one attached hydrogen (secondary N) is 1. The van der Waals surface area contributed by atoms with Crippen molar-refractivity contribution in [3.05, 3.63) is 62.6 Å². The van der Waals surface area contributed by atoms with Gasteiger partial charge in [0.25, 0.3) is 5.91 Å². The van der Waals surface area contributed by atoms with Crippen LogP contribution < -0.4 is 5.32 Å². The van der Waals surface area contributed by atoms with E-state index in [1.54, 1.807) is 4.68 Å². The highest BCUT2D eigenvalue weighted by atomic mass is 32.1. The van der Waals surface area contributed by atoms with Gasteiger partial charge in [-0.2, -0.15) is 0 Å². The van der Waals surface area contributed by atoms with Gasteiger partial charge in [-0.15, -0.1) is 16.4 Å². The average molecular weight is 367 g/mol. The van der Waals surface area contributed by atoms with Gasteiger partial charge in [0.05, 0.1) is 6.54 Å². The molecule has 1 N–H and O–H groups in total. The lowest BCUT2D eigenvalue weighted by Gasteiger charge is -2.13. The number of amides is 1. The zero-order valence-corrected chi connectivity index (χ0v) is 15.6. The Morgan fingerprint density at radius 1 is 1.23 bits per heavy atom. The van der Waals surface area contributed by atoms with E-state index < -0.39 is 0 Å². The van der Waals surface area contributed by atoms with Crippen LogP contribution in [0, 0.1) is 6.92 Å². The molecular weight excluding hydrogens is 346 g/mol. The fourth-order valence-corrected chi connectivity index (χ4v) is 4.46. The number of tetrazole rings is 1. The quantitative estimate of drug-likeness (QED) is 0.753. The molecule has 2 heterocycles. The molecule has 0 fully saturated rings. The van der Waals surface area contributed by atoms with Gasteiger partial charge >= 0.3 is 0 Å². The van der Waals surface area contributed by atoms with E-state index in [2.05, 4.69) is 26.2 Å². The maximum absolute atomic E-state index is 12.4. The van der Waals surface area contributed by atoms with E-state index in [0.29, 0.717) is 18.7 Å². The zero-order chi connectivity index (χ0) is 17.9. The largest absolute Gasteiger partial charge is 0.348 e. The van der Waals surface area contributed by atoms with Crippen LogP contribution in [-0.4, -0.2) is 26.1 Å². The molecule has 6 nitrogen and oxygen atoms in total. The van der Waals surface area contributed by atoms with E-state index in [1.165, 1.54) is 35.3 Å². The van der Waals surface area contributed by atoms with Crippen LogP contribution in [0.2, 0.25) is 0 Å². The first-order chi connectivity index (χ1) is 12.7. The summed E-state index contributed by atoms with van der Waals surface area (Å²) in [7, 11) is 0. The fraction of sp³-hybridized carbons (Fsp3) is 0.368. The van der Waals surface area contributed by atoms with Gasteiger partial charge in [-0.3, -0.25) is 4.79 Å². The summed E-state index contributed by atoms with van der Waals surface area (Å²) < 4.78 is 1.73. The molecule has 0 atom stereocenters. The Balaban J connectivity index is 1.37. The Morgan fingerprint density at radius 2 is 2.04 bits per heavy atom. The molecule has 1 aliphatic carbocycles. The summed E-state index contributed by atoms with van der Waals surface area (Å²) in [6.07, 6.45) is 4.88. The number of carbonyl (C=O) groups is 1. The fourth-order valence-electron chi connectivity index (χ4n) is 3.32. The molecule has 4 rings (SSSR count). The molecule has 0 bridgehead atoms. The zero-order valence-electron chi connectivity index (χ0n) is 14.7. The number of benzene rings is 1. The summed E-state index contributed by atoms with van der Waals surface area (Å²) >= 11 is 1.83. The van der Waals surface area contributed by atoms with E-state index in [1.807, 2.05) is 42.5 Å². The highest BCUT2D eigenvalue weighted by Crippen LogP contribution is 2.30.